The molecule has 8 heteroatoms. The largest absolute Gasteiger partial charge is 0.481 e. The Bertz CT molecular complexity index is 440. The number of hydrogen-bond acceptors (Lipinski definition) is 5. The molecular formula is C13H20N2O6. The minimum absolute atomic E-state index is 0.0224. The summed E-state index contributed by atoms with van der Waals surface area (Å²) in [7, 11) is 1.58. The van der Waals surface area contributed by atoms with Crippen molar-refractivity contribution in [2.24, 2.45) is 11.8 Å². The fourth-order valence-electron chi connectivity index (χ4n) is 2.99. The zero-order valence-corrected chi connectivity index (χ0v) is 11.8. The van der Waals surface area contributed by atoms with Gasteiger partial charge in [-0.3, -0.25) is 14.4 Å². The van der Waals surface area contributed by atoms with E-state index in [9.17, 15) is 14.4 Å². The first-order valence-corrected chi connectivity index (χ1v) is 6.94. The van der Waals surface area contributed by atoms with Crippen LogP contribution in [0.4, 0.5) is 0 Å². The second-order valence-electron chi connectivity index (χ2n) is 5.52. The molecule has 2 aliphatic rings. The van der Waals surface area contributed by atoms with E-state index in [2.05, 4.69) is 5.32 Å². The molecule has 21 heavy (non-hydrogen) atoms. The van der Waals surface area contributed by atoms with Crippen LogP contribution in [0.15, 0.2) is 0 Å². The molecule has 0 aromatic carbocycles. The molecule has 8 nitrogen and oxygen atoms in total. The number of piperidine rings is 1. The second kappa shape index (κ2) is 6.40. The standard InChI is InChI=1S/C13H20N2O6/c1-21-7-4-10(14-5-7)11(16)15-3-2-8(12(17)18)9(6-15)13(19)20/h7-10,14H,2-6H2,1H3,(H,17,18)(H,19,20). The molecule has 0 saturated carbocycles. The van der Waals surface area contributed by atoms with Crippen LogP contribution in [-0.2, 0) is 19.1 Å². The highest BCUT2D eigenvalue weighted by Gasteiger charge is 2.42. The van der Waals surface area contributed by atoms with Crippen LogP contribution >= 0.6 is 0 Å². The van der Waals surface area contributed by atoms with E-state index in [0.717, 1.165) is 0 Å². The van der Waals surface area contributed by atoms with Crippen LogP contribution in [0.3, 0.4) is 0 Å². The molecule has 0 spiro atoms. The lowest BCUT2D eigenvalue weighted by Gasteiger charge is -2.35. The van der Waals surface area contributed by atoms with Gasteiger partial charge in [0.05, 0.1) is 24.0 Å². The maximum Gasteiger partial charge on any atom is 0.309 e. The molecule has 2 aliphatic heterocycles. The average molecular weight is 300 g/mol. The van der Waals surface area contributed by atoms with Crippen molar-refractivity contribution in [3.63, 3.8) is 0 Å². The van der Waals surface area contributed by atoms with Gasteiger partial charge in [-0.25, -0.2) is 0 Å². The van der Waals surface area contributed by atoms with Crippen LogP contribution in [0, 0.1) is 11.8 Å². The first-order chi connectivity index (χ1) is 9.93. The predicted molar refractivity (Wildman–Crippen MR) is 70.7 cm³/mol. The minimum atomic E-state index is -1.17. The molecule has 0 aromatic heterocycles. The smallest absolute Gasteiger partial charge is 0.309 e. The molecule has 118 valence electrons. The van der Waals surface area contributed by atoms with Gasteiger partial charge < -0.3 is 25.2 Å². The highest BCUT2D eigenvalue weighted by molar-refractivity contribution is 5.85. The number of aliphatic carboxylic acids is 2. The van der Waals surface area contributed by atoms with Gasteiger partial charge in [-0.1, -0.05) is 0 Å². The number of likely N-dealkylation sites (tertiary alicyclic amines) is 1. The molecule has 4 unspecified atom stereocenters. The quantitative estimate of drug-likeness (QED) is 0.609. The van der Waals surface area contributed by atoms with E-state index >= 15 is 0 Å². The molecule has 2 saturated heterocycles. The zero-order valence-electron chi connectivity index (χ0n) is 11.8. The van der Waals surface area contributed by atoms with Crippen LogP contribution in [0.5, 0.6) is 0 Å². The number of ether oxygens (including phenoxy) is 1. The number of carbonyl (C=O) groups excluding carboxylic acids is 1. The average Bonchev–Trinajstić information content (AvgIpc) is 2.94. The molecule has 2 heterocycles. The monoisotopic (exact) mass is 300 g/mol. The molecule has 2 fully saturated rings. The van der Waals surface area contributed by atoms with E-state index in [4.69, 9.17) is 14.9 Å². The summed E-state index contributed by atoms with van der Waals surface area (Å²) in [6, 6.07) is -0.384. The van der Waals surface area contributed by atoms with Crippen molar-refractivity contribution in [3.8, 4) is 0 Å². The number of carboxylic acids is 2. The lowest BCUT2D eigenvalue weighted by molar-refractivity contribution is -0.159. The van der Waals surface area contributed by atoms with E-state index in [1.807, 2.05) is 0 Å². The third-order valence-corrected chi connectivity index (χ3v) is 4.28. The Morgan fingerprint density at radius 2 is 1.86 bits per heavy atom. The predicted octanol–water partition coefficient (Wildman–Crippen LogP) is -1.00. The summed E-state index contributed by atoms with van der Waals surface area (Å²) in [6.07, 6.45) is 0.690. The third kappa shape index (κ3) is 3.33. The van der Waals surface area contributed by atoms with Gasteiger partial charge in [0.1, 0.15) is 0 Å². The van der Waals surface area contributed by atoms with Crippen LogP contribution < -0.4 is 5.32 Å². The van der Waals surface area contributed by atoms with Gasteiger partial charge in [-0.15, -0.1) is 0 Å². The van der Waals surface area contributed by atoms with Crippen LogP contribution in [0.25, 0.3) is 0 Å². The van der Waals surface area contributed by atoms with Gasteiger partial charge in [-0.05, 0) is 12.8 Å². The molecule has 0 radical (unpaired) electrons. The van der Waals surface area contributed by atoms with E-state index in [1.165, 1.54) is 4.90 Å². The number of carboxylic acid groups (broad SMARTS) is 2. The van der Waals surface area contributed by atoms with E-state index in [1.54, 1.807) is 7.11 Å². The Kier molecular flexibility index (Phi) is 4.79. The molecule has 0 aliphatic carbocycles. The topological polar surface area (TPSA) is 116 Å². The number of nitrogens with zero attached hydrogens (tertiary/aromatic N) is 1. The van der Waals surface area contributed by atoms with Crippen LogP contribution in [0.2, 0.25) is 0 Å². The first kappa shape index (κ1) is 15.7. The Balaban J connectivity index is 2.00. The summed E-state index contributed by atoms with van der Waals surface area (Å²) in [6.45, 7) is 0.803. The van der Waals surface area contributed by atoms with E-state index < -0.39 is 23.8 Å². The molecular weight excluding hydrogens is 280 g/mol. The van der Waals surface area contributed by atoms with Gasteiger partial charge in [0.25, 0.3) is 0 Å². The highest BCUT2D eigenvalue weighted by atomic mass is 16.5. The van der Waals surface area contributed by atoms with Crippen molar-refractivity contribution in [2.75, 3.05) is 26.7 Å². The third-order valence-electron chi connectivity index (χ3n) is 4.28. The Morgan fingerprint density at radius 1 is 1.19 bits per heavy atom. The van der Waals surface area contributed by atoms with Crippen molar-refractivity contribution in [3.05, 3.63) is 0 Å². The maximum absolute atomic E-state index is 12.4. The van der Waals surface area contributed by atoms with Gasteiger partial charge >= 0.3 is 11.9 Å². The van der Waals surface area contributed by atoms with Crippen molar-refractivity contribution in [1.29, 1.82) is 0 Å². The van der Waals surface area contributed by atoms with E-state index in [-0.39, 0.29) is 37.6 Å². The summed E-state index contributed by atoms with van der Waals surface area (Å²) in [5.41, 5.74) is 0. The van der Waals surface area contributed by atoms with Gasteiger partial charge in [0.15, 0.2) is 0 Å². The normalized spacial score (nSPS) is 32.9. The molecule has 4 atom stereocenters. The number of methoxy groups -OCH3 is 1. The maximum atomic E-state index is 12.4. The molecule has 0 bridgehead atoms. The lowest BCUT2D eigenvalue weighted by Crippen LogP contribution is -2.52. The summed E-state index contributed by atoms with van der Waals surface area (Å²) in [5, 5.41) is 21.3. The minimum Gasteiger partial charge on any atom is -0.481 e. The summed E-state index contributed by atoms with van der Waals surface area (Å²) in [4.78, 5) is 36.1. The van der Waals surface area contributed by atoms with Gasteiger partial charge in [0, 0.05) is 26.7 Å². The summed E-state index contributed by atoms with van der Waals surface area (Å²) in [5.74, 6) is -4.46. The Hall–Kier alpha value is -1.67. The SMILES string of the molecule is COC1CNC(C(=O)N2CCC(C(=O)O)C(C(=O)O)C2)C1. The number of rotatable bonds is 4. The number of carbonyl (C=O) groups is 3. The molecule has 2 rings (SSSR count). The number of nitrogens with one attached hydrogen (secondary N) is 1. The fourth-order valence-corrected chi connectivity index (χ4v) is 2.99. The number of amides is 1. The van der Waals surface area contributed by atoms with Crippen LogP contribution in [-0.4, -0.2) is 71.8 Å². The molecule has 1 amide bonds. The Morgan fingerprint density at radius 3 is 2.38 bits per heavy atom. The molecule has 0 aromatic rings. The number of hydrogen-bond donors (Lipinski definition) is 3. The van der Waals surface area contributed by atoms with Gasteiger partial charge in [-0.2, -0.15) is 0 Å². The van der Waals surface area contributed by atoms with Crippen molar-refractivity contribution in [2.45, 2.75) is 25.0 Å². The lowest BCUT2D eigenvalue weighted by atomic mass is 9.85. The summed E-state index contributed by atoms with van der Waals surface area (Å²) >= 11 is 0. The zero-order chi connectivity index (χ0) is 15.6. The van der Waals surface area contributed by atoms with Gasteiger partial charge in [0.2, 0.25) is 5.91 Å². The first-order valence-electron chi connectivity index (χ1n) is 6.94. The van der Waals surface area contributed by atoms with Crippen molar-refractivity contribution < 1.29 is 29.3 Å². The fraction of sp³-hybridized carbons (Fsp3) is 0.769. The van der Waals surface area contributed by atoms with E-state index in [0.29, 0.717) is 13.0 Å². The van der Waals surface area contributed by atoms with Crippen LogP contribution in [0.1, 0.15) is 12.8 Å². The second-order valence-corrected chi connectivity index (χ2v) is 5.52. The molecule has 3 N–H and O–H groups in total. The van der Waals surface area contributed by atoms with Crippen molar-refractivity contribution >= 4 is 17.8 Å². The Labute approximate surface area is 122 Å². The van der Waals surface area contributed by atoms with Crippen molar-refractivity contribution in [1.82, 2.24) is 10.2 Å². The highest BCUT2D eigenvalue weighted by Crippen LogP contribution is 2.25. The summed E-state index contributed by atoms with van der Waals surface area (Å²) < 4.78 is 5.18.